The predicted molar refractivity (Wildman–Crippen MR) is 175 cm³/mol. The zero-order valence-corrected chi connectivity index (χ0v) is 28.9. The molecule has 12 heteroatoms. The molecule has 1 aromatic carbocycles. The maximum absolute atomic E-state index is 13.8. The van der Waals surface area contributed by atoms with Gasteiger partial charge in [-0.2, -0.15) is 0 Å². The van der Waals surface area contributed by atoms with Crippen LogP contribution in [-0.4, -0.2) is 112 Å². The van der Waals surface area contributed by atoms with Gasteiger partial charge in [-0.3, -0.25) is 19.2 Å². The molecular formula is C34H56FN5O6. The van der Waals surface area contributed by atoms with Gasteiger partial charge in [0.1, 0.15) is 5.82 Å². The third-order valence-electron chi connectivity index (χ3n) is 9.06. The molecule has 1 aliphatic rings. The van der Waals surface area contributed by atoms with Gasteiger partial charge in [0.15, 0.2) is 0 Å². The van der Waals surface area contributed by atoms with E-state index >= 15 is 0 Å². The van der Waals surface area contributed by atoms with Crippen molar-refractivity contribution in [2.45, 2.75) is 96.6 Å². The number of amides is 4. The SMILES string of the molecule is CCC[C@@H](C(CC(=O)N1CCCC1C(OC)C(C)C(=O)NCCc1ccc(F)cc1)OC)N(C)C(=O)CNC(=O)C(NC)C(C)C. The van der Waals surface area contributed by atoms with Crippen LogP contribution in [0.4, 0.5) is 4.39 Å². The van der Waals surface area contributed by atoms with E-state index in [4.69, 9.17) is 9.47 Å². The minimum atomic E-state index is -0.563. The highest BCUT2D eigenvalue weighted by molar-refractivity contribution is 5.87. The normalized spacial score (nSPS) is 18.0. The third kappa shape index (κ3) is 11.0. The van der Waals surface area contributed by atoms with Crippen LogP contribution < -0.4 is 16.0 Å². The predicted octanol–water partition coefficient (Wildman–Crippen LogP) is 2.52. The first kappa shape index (κ1) is 39.1. The smallest absolute Gasteiger partial charge is 0.242 e. The number of carbonyl (C=O) groups excluding carboxylic acids is 4. The Kier molecular flexibility index (Phi) is 16.6. The highest BCUT2D eigenvalue weighted by Crippen LogP contribution is 2.28. The molecule has 5 unspecified atom stereocenters. The average molecular weight is 650 g/mol. The summed E-state index contributed by atoms with van der Waals surface area (Å²) in [7, 11) is 6.49. The van der Waals surface area contributed by atoms with Gasteiger partial charge in [-0.1, -0.05) is 46.2 Å². The fourth-order valence-corrected chi connectivity index (χ4v) is 6.37. The first-order valence-electron chi connectivity index (χ1n) is 16.5. The van der Waals surface area contributed by atoms with Crippen molar-refractivity contribution < 1.29 is 33.0 Å². The van der Waals surface area contributed by atoms with E-state index in [2.05, 4.69) is 16.0 Å². The molecule has 0 spiro atoms. The average Bonchev–Trinajstić information content (AvgIpc) is 3.52. The van der Waals surface area contributed by atoms with Crippen LogP contribution >= 0.6 is 0 Å². The summed E-state index contributed by atoms with van der Waals surface area (Å²) in [6.07, 6.45) is 2.43. The zero-order valence-electron chi connectivity index (χ0n) is 28.9. The standard InChI is InChI=1S/C34H56FN5O6/c1-9-11-26(39(6)30(42)21-38-34(44)31(36-5)22(2)3)28(45-7)20-29(41)40-19-10-12-27(40)32(46-8)23(4)33(43)37-18-17-24-13-15-25(35)16-14-24/h13-16,22-23,26-28,31-32,36H,9-12,17-21H2,1-8H3,(H,37,43)(H,38,44)/t23?,26-,27?,28?,31?,32?/m0/s1. The number of likely N-dealkylation sites (tertiary alicyclic amines) is 1. The number of ether oxygens (including phenoxy) is 2. The van der Waals surface area contributed by atoms with Crippen molar-refractivity contribution in [1.29, 1.82) is 0 Å². The van der Waals surface area contributed by atoms with E-state index in [9.17, 15) is 23.6 Å². The number of nitrogens with one attached hydrogen (secondary N) is 3. The van der Waals surface area contributed by atoms with Crippen LogP contribution in [0.5, 0.6) is 0 Å². The second kappa shape index (κ2) is 19.5. The first-order valence-corrected chi connectivity index (χ1v) is 16.5. The summed E-state index contributed by atoms with van der Waals surface area (Å²) < 4.78 is 24.8. The van der Waals surface area contributed by atoms with Gasteiger partial charge in [0.25, 0.3) is 0 Å². The maximum Gasteiger partial charge on any atom is 0.242 e. The molecule has 46 heavy (non-hydrogen) atoms. The second-order valence-corrected chi connectivity index (χ2v) is 12.5. The van der Waals surface area contributed by atoms with Gasteiger partial charge in [0, 0.05) is 34.4 Å². The fraction of sp³-hybridized carbons (Fsp3) is 0.706. The van der Waals surface area contributed by atoms with Gasteiger partial charge in [0.2, 0.25) is 23.6 Å². The van der Waals surface area contributed by atoms with E-state index in [0.29, 0.717) is 32.4 Å². The molecule has 260 valence electrons. The molecule has 1 fully saturated rings. The van der Waals surface area contributed by atoms with E-state index < -0.39 is 24.2 Å². The van der Waals surface area contributed by atoms with Crippen LogP contribution in [0.2, 0.25) is 0 Å². The highest BCUT2D eigenvalue weighted by atomic mass is 19.1. The number of benzene rings is 1. The molecule has 0 bridgehead atoms. The quantitative estimate of drug-likeness (QED) is 0.210. The largest absolute Gasteiger partial charge is 0.379 e. The van der Waals surface area contributed by atoms with Crippen molar-refractivity contribution in [2.24, 2.45) is 11.8 Å². The highest BCUT2D eigenvalue weighted by Gasteiger charge is 2.41. The van der Waals surface area contributed by atoms with Gasteiger partial charge in [-0.05, 0) is 56.3 Å². The number of hydrogen-bond acceptors (Lipinski definition) is 7. The first-order chi connectivity index (χ1) is 21.9. The van der Waals surface area contributed by atoms with Crippen molar-refractivity contribution in [3.8, 4) is 0 Å². The van der Waals surface area contributed by atoms with Crippen molar-refractivity contribution in [2.75, 3.05) is 47.9 Å². The summed E-state index contributed by atoms with van der Waals surface area (Å²) in [5, 5.41) is 8.66. The van der Waals surface area contributed by atoms with Crippen molar-refractivity contribution in [3.63, 3.8) is 0 Å². The summed E-state index contributed by atoms with van der Waals surface area (Å²) in [5.74, 6) is -1.56. The molecule has 3 N–H and O–H groups in total. The molecule has 0 saturated carbocycles. The Morgan fingerprint density at radius 3 is 2.28 bits per heavy atom. The number of halogens is 1. The fourth-order valence-electron chi connectivity index (χ4n) is 6.37. The van der Waals surface area contributed by atoms with E-state index in [1.807, 2.05) is 20.8 Å². The summed E-state index contributed by atoms with van der Waals surface area (Å²) in [6, 6.07) is 5.12. The van der Waals surface area contributed by atoms with Crippen LogP contribution in [-0.2, 0) is 35.1 Å². The van der Waals surface area contributed by atoms with Crippen LogP contribution in [0.1, 0.15) is 65.4 Å². The number of methoxy groups -OCH3 is 2. The molecule has 0 aromatic heterocycles. The Bertz CT molecular complexity index is 1120. The van der Waals surface area contributed by atoms with Gasteiger partial charge < -0.3 is 35.2 Å². The molecule has 4 amide bonds. The summed E-state index contributed by atoms with van der Waals surface area (Å²) in [4.78, 5) is 56.0. The lowest BCUT2D eigenvalue weighted by molar-refractivity contribution is -0.144. The molecule has 2 rings (SSSR count). The van der Waals surface area contributed by atoms with E-state index in [1.165, 1.54) is 12.1 Å². The van der Waals surface area contributed by atoms with Crippen LogP contribution in [0.25, 0.3) is 0 Å². The summed E-state index contributed by atoms with van der Waals surface area (Å²) in [6.45, 7) is 8.46. The second-order valence-electron chi connectivity index (χ2n) is 12.5. The zero-order chi connectivity index (χ0) is 34.4. The number of carbonyl (C=O) groups is 4. The topological polar surface area (TPSA) is 129 Å². The van der Waals surface area contributed by atoms with Crippen molar-refractivity contribution in [3.05, 3.63) is 35.6 Å². The molecule has 0 aliphatic carbocycles. The molecule has 0 radical (unpaired) electrons. The van der Waals surface area contributed by atoms with Crippen LogP contribution in [0.3, 0.4) is 0 Å². The molecule has 6 atom stereocenters. The van der Waals surface area contributed by atoms with E-state index in [0.717, 1.165) is 18.4 Å². The molecule has 1 aromatic rings. The number of likely N-dealkylation sites (N-methyl/N-ethyl adjacent to an activating group) is 2. The lowest BCUT2D eigenvalue weighted by Crippen LogP contribution is -2.53. The molecular weight excluding hydrogens is 593 g/mol. The molecule has 11 nitrogen and oxygen atoms in total. The van der Waals surface area contributed by atoms with Crippen LogP contribution in [0, 0.1) is 17.7 Å². The summed E-state index contributed by atoms with van der Waals surface area (Å²) in [5.41, 5.74) is 0.921. The molecule has 1 heterocycles. The third-order valence-corrected chi connectivity index (χ3v) is 9.06. The monoisotopic (exact) mass is 649 g/mol. The Labute approximate surface area is 274 Å². The maximum atomic E-state index is 13.8. The molecule has 1 aliphatic heterocycles. The Morgan fingerprint density at radius 2 is 1.72 bits per heavy atom. The Morgan fingerprint density at radius 1 is 1.04 bits per heavy atom. The Balaban J connectivity index is 2.04. The van der Waals surface area contributed by atoms with E-state index in [-0.39, 0.29) is 60.4 Å². The van der Waals surface area contributed by atoms with E-state index in [1.54, 1.807) is 57.2 Å². The number of hydrogen-bond donors (Lipinski definition) is 3. The van der Waals surface area contributed by atoms with Gasteiger partial charge in [-0.15, -0.1) is 0 Å². The minimum Gasteiger partial charge on any atom is -0.379 e. The van der Waals surface area contributed by atoms with Crippen molar-refractivity contribution in [1.82, 2.24) is 25.8 Å². The minimum absolute atomic E-state index is 0.0610. The number of rotatable bonds is 19. The van der Waals surface area contributed by atoms with Crippen molar-refractivity contribution >= 4 is 23.6 Å². The number of nitrogens with zero attached hydrogens (tertiary/aromatic N) is 2. The summed E-state index contributed by atoms with van der Waals surface area (Å²) >= 11 is 0. The molecule has 1 saturated heterocycles. The lowest BCUT2D eigenvalue weighted by Gasteiger charge is -2.37. The van der Waals surface area contributed by atoms with Gasteiger partial charge in [-0.25, -0.2) is 4.39 Å². The van der Waals surface area contributed by atoms with Gasteiger partial charge in [0.05, 0.1) is 49.2 Å². The Hall–Kier alpha value is -3.09. The van der Waals surface area contributed by atoms with Crippen LogP contribution in [0.15, 0.2) is 24.3 Å². The van der Waals surface area contributed by atoms with Gasteiger partial charge >= 0.3 is 0 Å². The lowest BCUT2D eigenvalue weighted by atomic mass is 9.94.